The average molecular weight is 425 g/mol. The van der Waals surface area contributed by atoms with Gasteiger partial charge in [0.05, 0.1) is 24.4 Å². The fraction of sp³-hybridized carbons (Fsp3) is 0.458. The first-order chi connectivity index (χ1) is 15.0. The minimum atomic E-state index is -0.203. The Labute approximate surface area is 184 Å². The number of anilines is 2. The van der Waals surface area contributed by atoms with E-state index in [0.29, 0.717) is 37.0 Å². The van der Waals surface area contributed by atoms with Crippen LogP contribution in [0.5, 0.6) is 5.75 Å². The molecule has 2 amide bonds. The maximum Gasteiger partial charge on any atom is 0.258 e. The topological polar surface area (TPSA) is 83.6 Å². The van der Waals surface area contributed by atoms with Crippen molar-refractivity contribution in [3.8, 4) is 5.75 Å². The zero-order valence-electron chi connectivity index (χ0n) is 18.4. The molecule has 0 spiro atoms. The third-order valence-corrected chi connectivity index (χ3v) is 5.09. The summed E-state index contributed by atoms with van der Waals surface area (Å²) in [5.74, 6) is 1.20. The first-order valence-corrected chi connectivity index (χ1v) is 11.0. The van der Waals surface area contributed by atoms with Crippen molar-refractivity contribution < 1.29 is 14.3 Å². The van der Waals surface area contributed by atoms with Crippen molar-refractivity contribution >= 4 is 23.3 Å². The highest BCUT2D eigenvalue weighted by Crippen LogP contribution is 2.29. The number of carbonyl (C=O) groups is 2. The molecule has 7 nitrogen and oxygen atoms in total. The molecule has 0 fully saturated rings. The minimum Gasteiger partial charge on any atom is -0.491 e. The fourth-order valence-electron chi connectivity index (χ4n) is 3.41. The SMILES string of the molecule is CC(C)CNC(=O)CN1CCCCCCOc2ccccc2Nc2ncccc2C1=O. The predicted octanol–water partition coefficient (Wildman–Crippen LogP) is 3.99. The van der Waals surface area contributed by atoms with Crippen molar-refractivity contribution in [2.24, 2.45) is 5.92 Å². The Bertz CT molecular complexity index is 885. The van der Waals surface area contributed by atoms with Gasteiger partial charge in [0.1, 0.15) is 11.6 Å². The van der Waals surface area contributed by atoms with Crippen LogP contribution >= 0.6 is 0 Å². The van der Waals surface area contributed by atoms with Gasteiger partial charge in [-0.2, -0.15) is 0 Å². The van der Waals surface area contributed by atoms with E-state index in [1.165, 1.54) is 0 Å². The van der Waals surface area contributed by atoms with Crippen LogP contribution in [0.3, 0.4) is 0 Å². The number of nitrogens with zero attached hydrogens (tertiary/aromatic N) is 2. The summed E-state index contributed by atoms with van der Waals surface area (Å²) in [6.45, 7) is 5.88. The highest BCUT2D eigenvalue weighted by atomic mass is 16.5. The molecule has 2 aromatic rings. The quantitative estimate of drug-likeness (QED) is 0.775. The molecule has 0 radical (unpaired) electrons. The van der Waals surface area contributed by atoms with Gasteiger partial charge in [-0.1, -0.05) is 38.8 Å². The smallest absolute Gasteiger partial charge is 0.258 e. The normalized spacial score (nSPS) is 15.2. The fourth-order valence-corrected chi connectivity index (χ4v) is 3.41. The molecule has 3 rings (SSSR count). The summed E-state index contributed by atoms with van der Waals surface area (Å²) in [4.78, 5) is 31.9. The number of para-hydroxylation sites is 2. The van der Waals surface area contributed by atoms with Crippen LogP contribution in [-0.4, -0.2) is 47.9 Å². The number of aromatic nitrogens is 1. The molecule has 0 atom stereocenters. The Morgan fingerprint density at radius 3 is 2.81 bits per heavy atom. The first kappa shape index (κ1) is 22.6. The van der Waals surface area contributed by atoms with Gasteiger partial charge in [0, 0.05) is 19.3 Å². The lowest BCUT2D eigenvalue weighted by molar-refractivity contribution is -0.121. The molecule has 0 aliphatic carbocycles. The van der Waals surface area contributed by atoms with Crippen molar-refractivity contribution in [3.63, 3.8) is 0 Å². The summed E-state index contributed by atoms with van der Waals surface area (Å²) >= 11 is 0. The highest BCUT2D eigenvalue weighted by molar-refractivity contribution is 6.01. The van der Waals surface area contributed by atoms with Crippen LogP contribution in [0.2, 0.25) is 0 Å². The molecule has 1 aliphatic heterocycles. The summed E-state index contributed by atoms with van der Waals surface area (Å²) < 4.78 is 5.96. The van der Waals surface area contributed by atoms with Crippen molar-refractivity contribution in [1.82, 2.24) is 15.2 Å². The van der Waals surface area contributed by atoms with Crippen LogP contribution in [0.4, 0.5) is 11.5 Å². The van der Waals surface area contributed by atoms with E-state index >= 15 is 0 Å². The number of hydrogen-bond acceptors (Lipinski definition) is 5. The van der Waals surface area contributed by atoms with Gasteiger partial charge in [-0.25, -0.2) is 4.98 Å². The summed E-state index contributed by atoms with van der Waals surface area (Å²) in [6.07, 6.45) is 5.40. The summed E-state index contributed by atoms with van der Waals surface area (Å²) in [6, 6.07) is 11.1. The van der Waals surface area contributed by atoms with E-state index in [0.717, 1.165) is 37.1 Å². The van der Waals surface area contributed by atoms with E-state index in [-0.39, 0.29) is 18.4 Å². The van der Waals surface area contributed by atoms with Crippen molar-refractivity contribution in [1.29, 1.82) is 0 Å². The second-order valence-electron chi connectivity index (χ2n) is 8.21. The Hall–Kier alpha value is -3.09. The number of nitrogens with one attached hydrogen (secondary N) is 2. The molecule has 1 aliphatic rings. The van der Waals surface area contributed by atoms with Crippen LogP contribution in [0.25, 0.3) is 0 Å². The largest absolute Gasteiger partial charge is 0.491 e. The van der Waals surface area contributed by atoms with Crippen molar-refractivity contribution in [2.45, 2.75) is 39.5 Å². The van der Waals surface area contributed by atoms with Gasteiger partial charge in [0.2, 0.25) is 5.91 Å². The molecule has 2 N–H and O–H groups in total. The summed E-state index contributed by atoms with van der Waals surface area (Å²) in [5.41, 5.74) is 1.19. The lowest BCUT2D eigenvalue weighted by atomic mass is 10.1. The van der Waals surface area contributed by atoms with Gasteiger partial charge >= 0.3 is 0 Å². The van der Waals surface area contributed by atoms with Gasteiger partial charge in [-0.15, -0.1) is 0 Å². The molecule has 0 saturated carbocycles. The van der Waals surface area contributed by atoms with Gasteiger partial charge in [-0.3, -0.25) is 9.59 Å². The van der Waals surface area contributed by atoms with E-state index in [1.54, 1.807) is 23.2 Å². The standard InChI is InChI=1S/C24H32N4O3/c1-18(2)16-26-22(29)17-28-14-7-3-4-8-15-31-21-12-6-5-11-20(21)27-23-19(24(28)30)10-9-13-25-23/h5-6,9-13,18H,3-4,7-8,14-17H2,1-2H3,(H,25,27)(H,26,29). The monoisotopic (exact) mass is 424 g/mol. The van der Waals surface area contributed by atoms with E-state index in [4.69, 9.17) is 4.74 Å². The third kappa shape index (κ3) is 6.70. The number of ether oxygens (including phenoxy) is 1. The summed E-state index contributed by atoms with van der Waals surface area (Å²) in [7, 11) is 0. The Morgan fingerprint density at radius 2 is 1.97 bits per heavy atom. The number of amides is 2. The Morgan fingerprint density at radius 1 is 1.16 bits per heavy atom. The van der Waals surface area contributed by atoms with E-state index in [9.17, 15) is 9.59 Å². The number of fused-ring (bicyclic) bond motifs is 2. The number of benzene rings is 1. The number of rotatable bonds is 4. The highest BCUT2D eigenvalue weighted by Gasteiger charge is 2.22. The van der Waals surface area contributed by atoms with Crippen LogP contribution in [-0.2, 0) is 4.79 Å². The number of hydrogen-bond donors (Lipinski definition) is 2. The van der Waals surface area contributed by atoms with Gasteiger partial charge in [-0.05, 0) is 43.0 Å². The predicted molar refractivity (Wildman–Crippen MR) is 122 cm³/mol. The van der Waals surface area contributed by atoms with Gasteiger partial charge in [0.25, 0.3) is 5.91 Å². The second kappa shape index (κ2) is 11.3. The van der Waals surface area contributed by atoms with Gasteiger partial charge < -0.3 is 20.3 Å². The molecule has 166 valence electrons. The molecule has 0 saturated heterocycles. The van der Waals surface area contributed by atoms with Crippen molar-refractivity contribution in [3.05, 3.63) is 48.2 Å². The molecule has 1 aromatic carbocycles. The van der Waals surface area contributed by atoms with Crippen molar-refractivity contribution in [2.75, 3.05) is 31.6 Å². The molecule has 1 aromatic heterocycles. The summed E-state index contributed by atoms with van der Waals surface area (Å²) in [5, 5.41) is 6.17. The minimum absolute atomic E-state index is 0.0413. The molecule has 31 heavy (non-hydrogen) atoms. The number of pyridine rings is 1. The van der Waals surface area contributed by atoms with E-state index in [1.807, 2.05) is 38.1 Å². The lowest BCUT2D eigenvalue weighted by Gasteiger charge is -2.24. The average Bonchev–Trinajstić information content (AvgIpc) is 2.76. The molecular weight excluding hydrogens is 392 g/mol. The number of carbonyl (C=O) groups excluding carboxylic acids is 2. The first-order valence-electron chi connectivity index (χ1n) is 11.0. The maximum atomic E-state index is 13.4. The van der Waals surface area contributed by atoms with Crippen LogP contribution in [0.1, 0.15) is 49.9 Å². The van der Waals surface area contributed by atoms with E-state index < -0.39 is 0 Å². The van der Waals surface area contributed by atoms with Crippen LogP contribution in [0, 0.1) is 5.92 Å². The van der Waals surface area contributed by atoms with Gasteiger partial charge in [0.15, 0.2) is 0 Å². The molecule has 0 unspecified atom stereocenters. The maximum absolute atomic E-state index is 13.4. The van der Waals surface area contributed by atoms with E-state index in [2.05, 4.69) is 15.6 Å². The molecule has 0 bridgehead atoms. The molecular formula is C24H32N4O3. The van der Waals surface area contributed by atoms with Crippen LogP contribution < -0.4 is 15.4 Å². The Kier molecular flexibility index (Phi) is 8.27. The molecule has 2 heterocycles. The third-order valence-electron chi connectivity index (χ3n) is 5.09. The Balaban J connectivity index is 1.87. The second-order valence-corrected chi connectivity index (χ2v) is 8.21. The molecule has 7 heteroatoms. The lowest BCUT2D eigenvalue weighted by Crippen LogP contribution is -2.42. The zero-order chi connectivity index (χ0) is 22.1. The zero-order valence-corrected chi connectivity index (χ0v) is 18.4. The van der Waals surface area contributed by atoms with Crippen LogP contribution in [0.15, 0.2) is 42.6 Å².